The molecular weight excluding hydrogens is 156 g/mol. The van der Waals surface area contributed by atoms with Crippen molar-refractivity contribution in [2.75, 3.05) is 12.4 Å². The van der Waals surface area contributed by atoms with Crippen LogP contribution in [0.5, 0.6) is 0 Å². The Balaban J connectivity index is 2.19. The molecule has 1 saturated heterocycles. The summed E-state index contributed by atoms with van der Waals surface area (Å²) in [4.78, 5) is 0. The molecule has 1 unspecified atom stereocenters. The summed E-state index contributed by atoms with van der Waals surface area (Å²) in [5.41, 5.74) is 0.990. The minimum atomic E-state index is 0.164. The number of thioether (sulfide) groups is 1. The summed E-state index contributed by atoms with van der Waals surface area (Å²) in [7, 11) is 0. The third kappa shape index (κ3) is 3.30. The monoisotopic (exact) mass is 172 g/mol. The van der Waals surface area contributed by atoms with E-state index < -0.39 is 0 Å². The van der Waals surface area contributed by atoms with Crippen LogP contribution in [-0.4, -0.2) is 22.7 Å². The van der Waals surface area contributed by atoms with Crippen LogP contribution in [0.2, 0.25) is 0 Å². The Kier molecular flexibility index (Phi) is 4.02. The highest BCUT2D eigenvalue weighted by atomic mass is 32.2. The lowest BCUT2D eigenvalue weighted by Gasteiger charge is -2.21. The van der Waals surface area contributed by atoms with Crippen molar-refractivity contribution >= 4 is 11.8 Å². The molecule has 1 aliphatic rings. The molecule has 0 aromatic carbocycles. The molecule has 1 aliphatic heterocycles. The molecule has 1 atom stereocenters. The van der Waals surface area contributed by atoms with Crippen LogP contribution < -0.4 is 0 Å². The predicted octanol–water partition coefficient (Wildman–Crippen LogP) is 2.21. The van der Waals surface area contributed by atoms with E-state index in [1.165, 1.54) is 25.0 Å². The largest absolute Gasteiger partial charge is 0.392 e. The van der Waals surface area contributed by atoms with Crippen LogP contribution in [-0.2, 0) is 0 Å². The molecule has 0 aromatic rings. The Morgan fingerprint density at radius 3 is 2.91 bits per heavy atom. The van der Waals surface area contributed by atoms with E-state index >= 15 is 0 Å². The van der Waals surface area contributed by atoms with Crippen LogP contribution in [0.3, 0.4) is 0 Å². The summed E-state index contributed by atoms with van der Waals surface area (Å²) in [6.07, 6.45) is 5.05. The zero-order valence-corrected chi connectivity index (χ0v) is 7.70. The molecule has 1 nitrogen and oxygen atoms in total. The normalized spacial score (nSPS) is 25.0. The summed E-state index contributed by atoms with van der Waals surface area (Å²) in [6.45, 7) is 3.97. The lowest BCUT2D eigenvalue weighted by molar-refractivity contribution is 0.326. The van der Waals surface area contributed by atoms with Gasteiger partial charge in [0.25, 0.3) is 0 Å². The van der Waals surface area contributed by atoms with Gasteiger partial charge in [-0.1, -0.05) is 18.6 Å². The fraction of sp³-hybridized carbons (Fsp3) is 0.778. The van der Waals surface area contributed by atoms with Crippen molar-refractivity contribution in [3.8, 4) is 0 Å². The third-order valence-electron chi connectivity index (χ3n) is 2.01. The minimum absolute atomic E-state index is 0.164. The Bertz CT molecular complexity index is 128. The first-order valence-corrected chi connectivity index (χ1v) is 5.27. The highest BCUT2D eigenvalue weighted by molar-refractivity contribution is 7.99. The maximum Gasteiger partial charge on any atom is 0.0639 e. The summed E-state index contributed by atoms with van der Waals surface area (Å²) in [5.74, 6) is 1.30. The highest BCUT2D eigenvalue weighted by Gasteiger charge is 2.13. The van der Waals surface area contributed by atoms with Gasteiger partial charge in [0.15, 0.2) is 0 Å². The molecule has 0 spiro atoms. The van der Waals surface area contributed by atoms with Crippen LogP contribution in [0.15, 0.2) is 12.2 Å². The van der Waals surface area contributed by atoms with Gasteiger partial charge in [-0.3, -0.25) is 0 Å². The van der Waals surface area contributed by atoms with Gasteiger partial charge in [-0.25, -0.2) is 0 Å². The number of hydrogen-bond donors (Lipinski definition) is 1. The molecule has 64 valence electrons. The molecule has 11 heavy (non-hydrogen) atoms. The van der Waals surface area contributed by atoms with E-state index in [9.17, 15) is 0 Å². The predicted molar refractivity (Wildman–Crippen MR) is 50.9 cm³/mol. The summed E-state index contributed by atoms with van der Waals surface area (Å²) in [6, 6.07) is 0. The molecule has 0 saturated carbocycles. The lowest BCUT2D eigenvalue weighted by atomic mass is 10.1. The van der Waals surface area contributed by atoms with Gasteiger partial charge in [-0.05, 0) is 25.0 Å². The molecule has 0 radical (unpaired) electrons. The van der Waals surface area contributed by atoms with Crippen LogP contribution in [0.25, 0.3) is 0 Å². The first kappa shape index (κ1) is 9.14. The van der Waals surface area contributed by atoms with Gasteiger partial charge in [0.2, 0.25) is 0 Å². The standard InChI is InChI=1S/C9H16OS/c1-8(7-10)6-9-4-2-3-5-11-9/h9-10H,1-7H2. The van der Waals surface area contributed by atoms with Crippen molar-refractivity contribution in [1.29, 1.82) is 0 Å². The van der Waals surface area contributed by atoms with E-state index in [0.29, 0.717) is 0 Å². The first-order valence-electron chi connectivity index (χ1n) is 4.22. The van der Waals surface area contributed by atoms with E-state index in [0.717, 1.165) is 17.2 Å². The minimum Gasteiger partial charge on any atom is -0.392 e. The van der Waals surface area contributed by atoms with Gasteiger partial charge in [0.1, 0.15) is 0 Å². The SMILES string of the molecule is C=C(CO)CC1CCCCS1. The first-order chi connectivity index (χ1) is 5.33. The number of aliphatic hydroxyl groups excluding tert-OH is 1. The molecule has 0 amide bonds. The molecule has 1 N–H and O–H groups in total. The van der Waals surface area contributed by atoms with Crippen LogP contribution in [0, 0.1) is 0 Å². The second-order valence-electron chi connectivity index (χ2n) is 3.10. The van der Waals surface area contributed by atoms with E-state index in [-0.39, 0.29) is 6.61 Å². The number of hydrogen-bond acceptors (Lipinski definition) is 2. The average molecular weight is 172 g/mol. The van der Waals surface area contributed by atoms with Crippen molar-refractivity contribution in [3.05, 3.63) is 12.2 Å². The van der Waals surface area contributed by atoms with Gasteiger partial charge in [0.05, 0.1) is 6.61 Å². The Morgan fingerprint density at radius 2 is 2.36 bits per heavy atom. The highest BCUT2D eigenvalue weighted by Crippen LogP contribution is 2.29. The summed E-state index contributed by atoms with van der Waals surface area (Å²) in [5, 5.41) is 9.50. The second kappa shape index (κ2) is 4.83. The number of aliphatic hydroxyl groups is 1. The second-order valence-corrected chi connectivity index (χ2v) is 4.51. The molecular formula is C9H16OS. The quantitative estimate of drug-likeness (QED) is 0.659. The molecule has 0 bridgehead atoms. The summed E-state index contributed by atoms with van der Waals surface area (Å²) >= 11 is 2.03. The molecule has 0 aliphatic carbocycles. The Morgan fingerprint density at radius 1 is 1.55 bits per heavy atom. The van der Waals surface area contributed by atoms with E-state index in [1.54, 1.807) is 0 Å². The fourth-order valence-electron chi connectivity index (χ4n) is 1.35. The van der Waals surface area contributed by atoms with Crippen LogP contribution in [0.1, 0.15) is 25.7 Å². The van der Waals surface area contributed by atoms with Crippen molar-refractivity contribution in [1.82, 2.24) is 0 Å². The molecule has 0 aromatic heterocycles. The van der Waals surface area contributed by atoms with E-state index in [4.69, 9.17) is 5.11 Å². The van der Waals surface area contributed by atoms with Crippen molar-refractivity contribution in [2.24, 2.45) is 0 Å². The van der Waals surface area contributed by atoms with Gasteiger partial charge < -0.3 is 5.11 Å². The zero-order valence-electron chi connectivity index (χ0n) is 6.88. The van der Waals surface area contributed by atoms with Gasteiger partial charge in [-0.15, -0.1) is 0 Å². The summed E-state index contributed by atoms with van der Waals surface area (Å²) < 4.78 is 0. The molecule has 1 heterocycles. The lowest BCUT2D eigenvalue weighted by Crippen LogP contribution is -2.10. The zero-order chi connectivity index (χ0) is 8.10. The fourth-order valence-corrected chi connectivity index (χ4v) is 2.75. The van der Waals surface area contributed by atoms with Crippen LogP contribution >= 0.6 is 11.8 Å². The van der Waals surface area contributed by atoms with Gasteiger partial charge in [-0.2, -0.15) is 11.8 Å². The molecule has 1 fully saturated rings. The maximum absolute atomic E-state index is 8.76. The smallest absolute Gasteiger partial charge is 0.0639 e. The van der Waals surface area contributed by atoms with Crippen molar-refractivity contribution in [3.63, 3.8) is 0 Å². The Labute approximate surface area is 72.9 Å². The van der Waals surface area contributed by atoms with E-state index in [1.807, 2.05) is 11.8 Å². The van der Waals surface area contributed by atoms with Crippen LogP contribution in [0.4, 0.5) is 0 Å². The van der Waals surface area contributed by atoms with Gasteiger partial charge >= 0.3 is 0 Å². The van der Waals surface area contributed by atoms with Crippen molar-refractivity contribution in [2.45, 2.75) is 30.9 Å². The number of rotatable bonds is 3. The maximum atomic E-state index is 8.76. The molecule has 1 rings (SSSR count). The average Bonchev–Trinajstić information content (AvgIpc) is 2.06. The third-order valence-corrected chi connectivity index (χ3v) is 3.41. The van der Waals surface area contributed by atoms with E-state index in [2.05, 4.69) is 6.58 Å². The molecule has 2 heteroatoms. The Hall–Kier alpha value is 0.0500. The van der Waals surface area contributed by atoms with Crippen molar-refractivity contribution < 1.29 is 5.11 Å². The van der Waals surface area contributed by atoms with Gasteiger partial charge in [0, 0.05) is 5.25 Å². The topological polar surface area (TPSA) is 20.2 Å².